The highest BCUT2D eigenvalue weighted by Gasteiger charge is 1.94. The van der Waals surface area contributed by atoms with Gasteiger partial charge in [-0.1, -0.05) is 27.7 Å². The summed E-state index contributed by atoms with van der Waals surface area (Å²) in [6.45, 7) is 11.4. The second-order valence-corrected chi connectivity index (χ2v) is 4.12. The van der Waals surface area contributed by atoms with E-state index in [0.29, 0.717) is 0 Å². The molecule has 0 heterocycles. The van der Waals surface area contributed by atoms with Crippen molar-refractivity contribution in [3.05, 3.63) is 0 Å². The van der Waals surface area contributed by atoms with Crippen LogP contribution >= 0.6 is 0 Å². The summed E-state index contributed by atoms with van der Waals surface area (Å²) in [4.78, 5) is 0. The van der Waals surface area contributed by atoms with Gasteiger partial charge in [-0.2, -0.15) is 0 Å². The van der Waals surface area contributed by atoms with Crippen LogP contribution in [0.1, 0.15) is 40.5 Å². The Morgan fingerprint density at radius 1 is 0.833 bits per heavy atom. The molecule has 0 aromatic rings. The van der Waals surface area contributed by atoms with Crippen LogP contribution in [0.25, 0.3) is 0 Å². The van der Waals surface area contributed by atoms with Gasteiger partial charge < -0.3 is 5.32 Å². The lowest BCUT2D eigenvalue weighted by Crippen LogP contribution is -2.19. The minimum atomic E-state index is 0. The summed E-state index contributed by atoms with van der Waals surface area (Å²) < 4.78 is 0. The van der Waals surface area contributed by atoms with Crippen LogP contribution in [-0.4, -0.2) is 21.5 Å². The van der Waals surface area contributed by atoms with Crippen LogP contribution in [0.4, 0.5) is 0 Å². The molecule has 0 bridgehead atoms. The highest BCUT2D eigenvalue weighted by molar-refractivity contribution is 5.75. The van der Waals surface area contributed by atoms with Crippen LogP contribution in [0.5, 0.6) is 0 Å². The molecule has 0 aliphatic rings. The first-order chi connectivity index (χ1) is 5.13. The second-order valence-electron chi connectivity index (χ2n) is 4.12. The van der Waals surface area contributed by atoms with Crippen LogP contribution in [0.15, 0.2) is 0 Å². The van der Waals surface area contributed by atoms with E-state index in [4.69, 9.17) is 0 Å². The van der Waals surface area contributed by atoms with Gasteiger partial charge in [0.05, 0.1) is 0 Å². The van der Waals surface area contributed by atoms with Crippen molar-refractivity contribution >= 4 is 8.41 Å². The van der Waals surface area contributed by atoms with Gasteiger partial charge in [-0.3, -0.25) is 0 Å². The SMILES string of the molecule is CC(C)CCNCCC(C)C.[B]. The summed E-state index contributed by atoms with van der Waals surface area (Å²) in [5, 5.41) is 3.45. The van der Waals surface area contributed by atoms with E-state index in [-0.39, 0.29) is 8.41 Å². The van der Waals surface area contributed by atoms with Crippen LogP contribution in [0.3, 0.4) is 0 Å². The average Bonchev–Trinajstić information content (AvgIpc) is 1.85. The van der Waals surface area contributed by atoms with Crippen molar-refractivity contribution in [3.8, 4) is 0 Å². The molecule has 0 unspecified atom stereocenters. The molecule has 0 amide bonds. The molecule has 3 radical (unpaired) electrons. The summed E-state index contributed by atoms with van der Waals surface area (Å²) in [7, 11) is 0. The fourth-order valence-electron chi connectivity index (χ4n) is 0.906. The maximum absolute atomic E-state index is 3.45. The Bertz CT molecular complexity index is 71.9. The number of rotatable bonds is 6. The Kier molecular flexibility index (Phi) is 11.0. The lowest BCUT2D eigenvalue weighted by molar-refractivity contribution is 0.498. The summed E-state index contributed by atoms with van der Waals surface area (Å²) in [5.74, 6) is 1.67. The van der Waals surface area contributed by atoms with Gasteiger partial charge in [0.1, 0.15) is 0 Å². The van der Waals surface area contributed by atoms with Crippen molar-refractivity contribution in [2.45, 2.75) is 40.5 Å². The standard InChI is InChI=1S/C10H23N.B/c1-9(2)5-7-11-8-6-10(3)4;/h9-11H,5-8H2,1-4H3;. The number of hydrogen-bond donors (Lipinski definition) is 1. The second kappa shape index (κ2) is 9.12. The minimum Gasteiger partial charge on any atom is -0.317 e. The third-order valence-corrected chi connectivity index (χ3v) is 1.80. The molecule has 0 atom stereocenters. The van der Waals surface area contributed by atoms with Crippen molar-refractivity contribution < 1.29 is 0 Å². The van der Waals surface area contributed by atoms with Crippen LogP contribution in [0.2, 0.25) is 0 Å². The molecule has 0 saturated heterocycles. The van der Waals surface area contributed by atoms with Crippen molar-refractivity contribution in [3.63, 3.8) is 0 Å². The molecule has 12 heavy (non-hydrogen) atoms. The Morgan fingerprint density at radius 3 is 1.42 bits per heavy atom. The molecular weight excluding hydrogens is 145 g/mol. The first-order valence-electron chi connectivity index (χ1n) is 4.83. The monoisotopic (exact) mass is 168 g/mol. The molecule has 0 spiro atoms. The molecule has 0 aromatic heterocycles. The van der Waals surface area contributed by atoms with Crippen LogP contribution in [-0.2, 0) is 0 Å². The Morgan fingerprint density at radius 2 is 1.17 bits per heavy atom. The summed E-state index contributed by atoms with van der Waals surface area (Å²) in [6.07, 6.45) is 2.61. The Hall–Kier alpha value is 0.0249. The van der Waals surface area contributed by atoms with Gasteiger partial charge in [0.25, 0.3) is 0 Å². The molecule has 1 N–H and O–H groups in total. The average molecular weight is 168 g/mol. The normalized spacial score (nSPS) is 10.5. The molecule has 1 nitrogen and oxygen atoms in total. The van der Waals surface area contributed by atoms with Crippen molar-refractivity contribution in [1.82, 2.24) is 5.32 Å². The molecule has 0 fully saturated rings. The summed E-state index contributed by atoms with van der Waals surface area (Å²) in [5.41, 5.74) is 0. The third-order valence-electron chi connectivity index (χ3n) is 1.80. The molecule has 0 saturated carbocycles. The van der Waals surface area contributed by atoms with E-state index in [1.807, 2.05) is 0 Å². The highest BCUT2D eigenvalue weighted by Crippen LogP contribution is 1.98. The largest absolute Gasteiger partial charge is 0.317 e. The lowest BCUT2D eigenvalue weighted by Gasteiger charge is -2.07. The molecule has 0 aromatic carbocycles. The number of hydrogen-bond acceptors (Lipinski definition) is 1. The fourth-order valence-corrected chi connectivity index (χ4v) is 0.906. The molecule has 0 rings (SSSR count). The quantitative estimate of drug-likeness (QED) is 0.474. The maximum atomic E-state index is 3.45. The van der Waals surface area contributed by atoms with Gasteiger partial charge in [-0.05, 0) is 37.8 Å². The minimum absolute atomic E-state index is 0. The van der Waals surface area contributed by atoms with Gasteiger partial charge in [0.2, 0.25) is 0 Å². The van der Waals surface area contributed by atoms with E-state index in [1.165, 1.54) is 25.9 Å². The van der Waals surface area contributed by atoms with Crippen LogP contribution < -0.4 is 5.32 Å². The van der Waals surface area contributed by atoms with E-state index < -0.39 is 0 Å². The van der Waals surface area contributed by atoms with Gasteiger partial charge in [-0.25, -0.2) is 0 Å². The zero-order valence-corrected chi connectivity index (χ0v) is 9.06. The molecule has 2 heteroatoms. The van der Waals surface area contributed by atoms with E-state index in [9.17, 15) is 0 Å². The maximum Gasteiger partial charge on any atom is 0 e. The van der Waals surface area contributed by atoms with Gasteiger partial charge in [0, 0.05) is 8.41 Å². The predicted octanol–water partition coefficient (Wildman–Crippen LogP) is 2.29. The van der Waals surface area contributed by atoms with Gasteiger partial charge in [0.15, 0.2) is 0 Å². The smallest absolute Gasteiger partial charge is 0 e. The van der Waals surface area contributed by atoms with Crippen molar-refractivity contribution in [1.29, 1.82) is 0 Å². The first-order valence-corrected chi connectivity index (χ1v) is 4.83. The summed E-state index contributed by atoms with van der Waals surface area (Å²) >= 11 is 0. The third kappa shape index (κ3) is 12.7. The Balaban J connectivity index is 0. The van der Waals surface area contributed by atoms with Crippen molar-refractivity contribution in [2.75, 3.05) is 13.1 Å². The zero-order chi connectivity index (χ0) is 8.69. The fraction of sp³-hybridized carbons (Fsp3) is 1.00. The number of nitrogens with one attached hydrogen (secondary N) is 1. The van der Waals surface area contributed by atoms with E-state index in [0.717, 1.165) is 11.8 Å². The lowest BCUT2D eigenvalue weighted by atomic mass is 10.1. The molecule has 71 valence electrons. The highest BCUT2D eigenvalue weighted by atomic mass is 14.8. The molecule has 0 aliphatic heterocycles. The van der Waals surface area contributed by atoms with Gasteiger partial charge >= 0.3 is 0 Å². The van der Waals surface area contributed by atoms with Crippen molar-refractivity contribution in [2.24, 2.45) is 11.8 Å². The van der Waals surface area contributed by atoms with E-state index in [1.54, 1.807) is 0 Å². The Labute approximate surface area is 79.9 Å². The summed E-state index contributed by atoms with van der Waals surface area (Å²) in [6, 6.07) is 0. The van der Waals surface area contributed by atoms with E-state index >= 15 is 0 Å². The van der Waals surface area contributed by atoms with Crippen LogP contribution in [0, 0.1) is 11.8 Å². The molecule has 0 aliphatic carbocycles. The zero-order valence-electron chi connectivity index (χ0n) is 9.06. The van der Waals surface area contributed by atoms with Gasteiger partial charge in [-0.15, -0.1) is 0 Å². The first kappa shape index (κ1) is 14.5. The van der Waals surface area contributed by atoms with E-state index in [2.05, 4.69) is 33.0 Å². The molecular formula is C10H23BN. The topological polar surface area (TPSA) is 12.0 Å². The predicted molar refractivity (Wildman–Crippen MR) is 57.5 cm³/mol.